The fourth-order valence-corrected chi connectivity index (χ4v) is 2.70. The zero-order valence-corrected chi connectivity index (χ0v) is 12.6. The number of hydrogen-bond acceptors (Lipinski definition) is 3. The molecule has 0 saturated carbocycles. The van der Waals surface area contributed by atoms with Gasteiger partial charge in [0.25, 0.3) is 0 Å². The van der Waals surface area contributed by atoms with Crippen molar-refractivity contribution in [1.82, 2.24) is 0 Å². The lowest BCUT2D eigenvalue weighted by molar-refractivity contribution is -0.0822. The Labute approximate surface area is 121 Å². The van der Waals surface area contributed by atoms with Crippen LogP contribution in [0.25, 0.3) is 0 Å². The van der Waals surface area contributed by atoms with Crippen molar-refractivity contribution in [3.8, 4) is 0 Å². The molecular formula is C17H24O3. The highest BCUT2D eigenvalue weighted by molar-refractivity contribution is 6.02. The van der Waals surface area contributed by atoms with Crippen molar-refractivity contribution in [2.75, 3.05) is 19.8 Å². The summed E-state index contributed by atoms with van der Waals surface area (Å²) in [4.78, 5) is 12.8. The lowest BCUT2D eigenvalue weighted by Crippen LogP contribution is -2.46. The first kappa shape index (κ1) is 15.2. The molecule has 1 aliphatic heterocycles. The summed E-state index contributed by atoms with van der Waals surface area (Å²) in [7, 11) is 0. The Morgan fingerprint density at radius 2 is 1.85 bits per heavy atom. The van der Waals surface area contributed by atoms with E-state index in [9.17, 15) is 4.79 Å². The third-order valence-corrected chi connectivity index (χ3v) is 3.97. The zero-order valence-electron chi connectivity index (χ0n) is 12.6. The predicted octanol–water partition coefficient (Wildman–Crippen LogP) is 3.58. The third kappa shape index (κ3) is 3.10. The van der Waals surface area contributed by atoms with Gasteiger partial charge in [-0.05, 0) is 18.4 Å². The number of rotatable bonds is 5. The summed E-state index contributed by atoms with van der Waals surface area (Å²) < 4.78 is 11.2. The highest BCUT2D eigenvalue weighted by Gasteiger charge is 2.41. The van der Waals surface area contributed by atoms with E-state index in [0.717, 1.165) is 5.56 Å². The second-order valence-corrected chi connectivity index (χ2v) is 5.65. The topological polar surface area (TPSA) is 35.5 Å². The van der Waals surface area contributed by atoms with E-state index in [2.05, 4.69) is 13.8 Å². The molecule has 110 valence electrons. The van der Waals surface area contributed by atoms with E-state index in [-0.39, 0.29) is 5.78 Å². The van der Waals surface area contributed by atoms with Crippen LogP contribution in [0.4, 0.5) is 0 Å². The Balaban J connectivity index is 2.22. The van der Waals surface area contributed by atoms with E-state index in [4.69, 9.17) is 9.47 Å². The summed E-state index contributed by atoms with van der Waals surface area (Å²) >= 11 is 0. The molecule has 0 amide bonds. The molecule has 3 heteroatoms. The highest BCUT2D eigenvalue weighted by atomic mass is 16.5. The molecule has 3 nitrogen and oxygen atoms in total. The first-order valence-corrected chi connectivity index (χ1v) is 7.45. The molecule has 1 saturated heterocycles. The van der Waals surface area contributed by atoms with Crippen LogP contribution >= 0.6 is 0 Å². The van der Waals surface area contributed by atoms with Crippen LogP contribution < -0.4 is 0 Å². The number of carbonyl (C=O) groups excluding carboxylic acids is 1. The largest absolute Gasteiger partial charge is 0.381 e. The van der Waals surface area contributed by atoms with Crippen molar-refractivity contribution >= 4 is 5.78 Å². The number of hydrogen-bond donors (Lipinski definition) is 0. The number of ether oxygens (including phenoxy) is 2. The molecule has 0 atom stereocenters. The van der Waals surface area contributed by atoms with Crippen LogP contribution in [0.15, 0.2) is 24.3 Å². The van der Waals surface area contributed by atoms with E-state index >= 15 is 0 Å². The predicted molar refractivity (Wildman–Crippen MR) is 79.3 cm³/mol. The van der Waals surface area contributed by atoms with Crippen molar-refractivity contribution in [1.29, 1.82) is 0 Å². The molecule has 0 unspecified atom stereocenters. The second-order valence-electron chi connectivity index (χ2n) is 5.65. The highest BCUT2D eigenvalue weighted by Crippen LogP contribution is 2.30. The minimum Gasteiger partial charge on any atom is -0.381 e. The lowest BCUT2D eigenvalue weighted by Gasteiger charge is -2.35. The van der Waals surface area contributed by atoms with Crippen LogP contribution in [0, 0.1) is 0 Å². The van der Waals surface area contributed by atoms with Crippen molar-refractivity contribution in [3.63, 3.8) is 0 Å². The van der Waals surface area contributed by atoms with Gasteiger partial charge in [0.2, 0.25) is 0 Å². The molecular weight excluding hydrogens is 252 g/mol. The lowest BCUT2D eigenvalue weighted by atomic mass is 9.85. The maximum Gasteiger partial charge on any atom is 0.194 e. The summed E-state index contributed by atoms with van der Waals surface area (Å²) in [5, 5.41) is 0. The molecule has 1 fully saturated rings. The van der Waals surface area contributed by atoms with Gasteiger partial charge in [0.1, 0.15) is 5.60 Å². The van der Waals surface area contributed by atoms with Crippen LogP contribution in [0.3, 0.4) is 0 Å². The summed E-state index contributed by atoms with van der Waals surface area (Å²) in [6.07, 6.45) is 1.29. The van der Waals surface area contributed by atoms with Gasteiger partial charge in [-0.2, -0.15) is 0 Å². The number of ketones is 1. The SMILES string of the molecule is CCOC1(C(=O)c2ccc(C(C)C)cc2)CCOCC1. The van der Waals surface area contributed by atoms with Crippen molar-refractivity contribution in [2.45, 2.75) is 45.1 Å². The normalized spacial score (nSPS) is 18.2. The first-order chi connectivity index (χ1) is 9.59. The molecule has 0 radical (unpaired) electrons. The van der Waals surface area contributed by atoms with Gasteiger partial charge in [-0.25, -0.2) is 0 Å². The van der Waals surface area contributed by atoms with Crippen LogP contribution in [0.1, 0.15) is 55.5 Å². The third-order valence-electron chi connectivity index (χ3n) is 3.97. The van der Waals surface area contributed by atoms with E-state index in [0.29, 0.717) is 38.6 Å². The summed E-state index contributed by atoms with van der Waals surface area (Å²) in [5.41, 5.74) is 1.30. The first-order valence-electron chi connectivity index (χ1n) is 7.45. The van der Waals surface area contributed by atoms with Crippen LogP contribution in [0.2, 0.25) is 0 Å². The average molecular weight is 276 g/mol. The van der Waals surface area contributed by atoms with Crippen molar-refractivity contribution < 1.29 is 14.3 Å². The van der Waals surface area contributed by atoms with Gasteiger partial charge in [0.05, 0.1) is 0 Å². The molecule has 0 aliphatic carbocycles. The standard InChI is InChI=1S/C17H24O3/c1-4-20-17(9-11-19-12-10-17)16(18)15-7-5-14(6-8-15)13(2)3/h5-8,13H,4,9-12H2,1-3H3. The Morgan fingerprint density at radius 1 is 1.25 bits per heavy atom. The van der Waals surface area contributed by atoms with Gasteiger partial charge in [-0.1, -0.05) is 38.1 Å². The van der Waals surface area contributed by atoms with E-state index < -0.39 is 5.60 Å². The van der Waals surface area contributed by atoms with Crippen LogP contribution in [0.5, 0.6) is 0 Å². The summed E-state index contributed by atoms with van der Waals surface area (Å²) in [6, 6.07) is 7.93. The molecule has 0 spiro atoms. The van der Waals surface area contributed by atoms with E-state index in [1.54, 1.807) is 0 Å². The van der Waals surface area contributed by atoms with Gasteiger partial charge >= 0.3 is 0 Å². The van der Waals surface area contributed by atoms with Crippen molar-refractivity contribution in [2.24, 2.45) is 0 Å². The Morgan fingerprint density at radius 3 is 2.35 bits per heavy atom. The monoisotopic (exact) mass is 276 g/mol. The van der Waals surface area contributed by atoms with Gasteiger partial charge in [0.15, 0.2) is 5.78 Å². The fraction of sp³-hybridized carbons (Fsp3) is 0.588. The molecule has 1 aliphatic rings. The minimum absolute atomic E-state index is 0.0953. The molecule has 0 N–H and O–H groups in total. The van der Waals surface area contributed by atoms with E-state index in [1.807, 2.05) is 31.2 Å². The summed E-state index contributed by atoms with van der Waals surface area (Å²) in [5.74, 6) is 0.570. The molecule has 0 aromatic heterocycles. The second kappa shape index (κ2) is 6.51. The fourth-order valence-electron chi connectivity index (χ4n) is 2.70. The smallest absolute Gasteiger partial charge is 0.194 e. The molecule has 1 aromatic carbocycles. The van der Waals surface area contributed by atoms with Crippen LogP contribution in [-0.2, 0) is 9.47 Å². The Kier molecular flexibility index (Phi) is 4.95. The van der Waals surface area contributed by atoms with Gasteiger partial charge in [-0.3, -0.25) is 4.79 Å². The Bertz CT molecular complexity index is 436. The van der Waals surface area contributed by atoms with Crippen LogP contribution in [-0.4, -0.2) is 31.2 Å². The minimum atomic E-state index is -0.688. The quantitative estimate of drug-likeness (QED) is 0.771. The summed E-state index contributed by atoms with van der Waals surface area (Å²) in [6.45, 7) is 7.97. The molecule has 1 heterocycles. The average Bonchev–Trinajstić information content (AvgIpc) is 2.48. The van der Waals surface area contributed by atoms with Gasteiger partial charge in [-0.15, -0.1) is 0 Å². The molecule has 0 bridgehead atoms. The van der Waals surface area contributed by atoms with Gasteiger partial charge in [0, 0.05) is 38.2 Å². The zero-order chi connectivity index (χ0) is 14.6. The number of carbonyl (C=O) groups is 1. The molecule has 1 aromatic rings. The van der Waals surface area contributed by atoms with E-state index in [1.165, 1.54) is 5.56 Å². The van der Waals surface area contributed by atoms with Gasteiger partial charge < -0.3 is 9.47 Å². The molecule has 2 rings (SSSR count). The number of benzene rings is 1. The Hall–Kier alpha value is -1.19. The maximum atomic E-state index is 12.8. The number of Topliss-reactive ketones (excluding diaryl/α,β-unsaturated/α-hetero) is 1. The maximum absolute atomic E-state index is 12.8. The van der Waals surface area contributed by atoms with Crippen molar-refractivity contribution in [3.05, 3.63) is 35.4 Å². The molecule has 20 heavy (non-hydrogen) atoms.